The molecule has 0 aliphatic carbocycles. The van der Waals surface area contributed by atoms with E-state index in [0.717, 1.165) is 47.4 Å². The number of rotatable bonds is 3. The molecule has 0 fully saturated rings. The number of ether oxygens (including phenoxy) is 1. The van der Waals surface area contributed by atoms with Crippen molar-refractivity contribution in [1.29, 1.82) is 0 Å². The van der Waals surface area contributed by atoms with Crippen molar-refractivity contribution in [2.75, 3.05) is 20.2 Å². The quantitative estimate of drug-likeness (QED) is 0.836. The Morgan fingerprint density at radius 3 is 3.00 bits per heavy atom. The van der Waals surface area contributed by atoms with Gasteiger partial charge >= 0.3 is 0 Å². The molecule has 6 heteroatoms. The molecule has 3 aliphatic heterocycles. The summed E-state index contributed by atoms with van der Waals surface area (Å²) in [4.78, 5) is 19.2. The van der Waals surface area contributed by atoms with E-state index in [9.17, 15) is 4.79 Å². The SMILES string of the molecule is COc1ccc(C2=CC(=O)N3C=C(C4=CCNCC4)N=CC3P2)cc1C. The molecular formula is C20H22N3O2P. The van der Waals surface area contributed by atoms with Crippen molar-refractivity contribution >= 4 is 26.0 Å². The van der Waals surface area contributed by atoms with Gasteiger partial charge in [-0.3, -0.25) is 9.79 Å². The van der Waals surface area contributed by atoms with Crippen LogP contribution in [-0.4, -0.2) is 43.0 Å². The molecule has 0 saturated heterocycles. The summed E-state index contributed by atoms with van der Waals surface area (Å²) in [6, 6.07) is 6.07. The fraction of sp³-hybridized carbons (Fsp3) is 0.300. The number of carbonyl (C=O) groups excluding carboxylic acids is 1. The molecule has 134 valence electrons. The van der Waals surface area contributed by atoms with Gasteiger partial charge in [0.05, 0.1) is 18.6 Å². The van der Waals surface area contributed by atoms with E-state index < -0.39 is 0 Å². The molecule has 4 rings (SSSR count). The van der Waals surface area contributed by atoms with E-state index in [1.807, 2.05) is 36.4 Å². The lowest BCUT2D eigenvalue weighted by Gasteiger charge is -2.33. The Morgan fingerprint density at radius 1 is 1.38 bits per heavy atom. The zero-order valence-electron chi connectivity index (χ0n) is 15.0. The maximum absolute atomic E-state index is 12.7. The van der Waals surface area contributed by atoms with Crippen molar-refractivity contribution in [2.45, 2.75) is 19.1 Å². The van der Waals surface area contributed by atoms with E-state index >= 15 is 0 Å². The van der Waals surface area contributed by atoms with Crippen molar-refractivity contribution in [2.24, 2.45) is 4.99 Å². The molecule has 5 nitrogen and oxygen atoms in total. The number of fused-ring (bicyclic) bond motifs is 1. The van der Waals surface area contributed by atoms with Gasteiger partial charge in [-0.05, 0) is 54.0 Å². The molecule has 3 aliphatic rings. The third kappa shape index (κ3) is 3.25. The van der Waals surface area contributed by atoms with E-state index in [1.165, 1.54) is 5.57 Å². The van der Waals surface area contributed by atoms with Crippen molar-refractivity contribution in [3.8, 4) is 5.75 Å². The summed E-state index contributed by atoms with van der Waals surface area (Å²) in [5.74, 6) is 0.898. The normalized spacial score (nSPS) is 23.3. The van der Waals surface area contributed by atoms with E-state index in [0.29, 0.717) is 8.58 Å². The van der Waals surface area contributed by atoms with Crippen molar-refractivity contribution < 1.29 is 9.53 Å². The summed E-state index contributed by atoms with van der Waals surface area (Å²) in [6.07, 6.45) is 8.72. The number of nitrogens with one attached hydrogen (secondary N) is 1. The van der Waals surface area contributed by atoms with Gasteiger partial charge in [-0.25, -0.2) is 0 Å². The van der Waals surface area contributed by atoms with Crippen LogP contribution in [0.4, 0.5) is 0 Å². The highest BCUT2D eigenvalue weighted by atomic mass is 31.1. The van der Waals surface area contributed by atoms with Gasteiger partial charge in [0.25, 0.3) is 5.91 Å². The molecule has 2 atom stereocenters. The largest absolute Gasteiger partial charge is 0.496 e. The highest BCUT2D eigenvalue weighted by Crippen LogP contribution is 2.44. The smallest absolute Gasteiger partial charge is 0.252 e. The molecule has 1 aromatic carbocycles. The zero-order chi connectivity index (χ0) is 18.1. The Hall–Kier alpha value is -2.23. The molecule has 0 spiro atoms. The molecule has 0 bridgehead atoms. The molecule has 2 unspecified atom stereocenters. The number of allylic oxidation sites excluding steroid dienone is 1. The van der Waals surface area contributed by atoms with E-state index in [2.05, 4.69) is 22.5 Å². The number of hydrogen-bond donors (Lipinski definition) is 1. The van der Waals surface area contributed by atoms with Crippen LogP contribution in [0.3, 0.4) is 0 Å². The van der Waals surface area contributed by atoms with Crippen molar-refractivity contribution in [1.82, 2.24) is 10.2 Å². The second kappa shape index (κ2) is 7.18. The van der Waals surface area contributed by atoms with E-state index in [4.69, 9.17) is 4.74 Å². The van der Waals surface area contributed by atoms with Crippen LogP contribution in [-0.2, 0) is 4.79 Å². The molecule has 1 amide bonds. The van der Waals surface area contributed by atoms with Crippen LogP contribution >= 0.6 is 8.58 Å². The topological polar surface area (TPSA) is 53.9 Å². The predicted molar refractivity (Wildman–Crippen MR) is 107 cm³/mol. The van der Waals surface area contributed by atoms with Crippen LogP contribution < -0.4 is 10.1 Å². The Morgan fingerprint density at radius 2 is 2.27 bits per heavy atom. The monoisotopic (exact) mass is 367 g/mol. The van der Waals surface area contributed by atoms with Gasteiger partial charge in [-0.2, -0.15) is 0 Å². The number of benzene rings is 1. The Bertz CT molecular complexity index is 870. The average Bonchev–Trinajstić information content (AvgIpc) is 2.68. The Balaban J connectivity index is 1.60. The minimum atomic E-state index is 0.0102. The number of carbonyl (C=O) groups is 1. The summed E-state index contributed by atoms with van der Waals surface area (Å²) in [5, 5.41) is 4.38. The standard InChI is InChI=1S/C20H22N3O2P/c1-13-9-15(3-4-17(13)25-2)18-10-19(24)23-12-16(22-11-20(23)26-18)14-5-7-21-8-6-14/h3-5,9-12,20-21,26H,6-8H2,1-2H3. The molecule has 0 radical (unpaired) electrons. The maximum atomic E-state index is 12.7. The highest BCUT2D eigenvalue weighted by Gasteiger charge is 2.30. The lowest BCUT2D eigenvalue weighted by atomic mass is 10.1. The number of aryl methyl sites for hydroxylation is 1. The van der Waals surface area contributed by atoms with Gasteiger partial charge in [-0.15, -0.1) is 0 Å². The molecular weight excluding hydrogens is 345 g/mol. The molecule has 0 aromatic heterocycles. The van der Waals surface area contributed by atoms with Crippen molar-refractivity contribution in [3.05, 3.63) is 58.9 Å². The summed E-state index contributed by atoms with van der Waals surface area (Å²) in [6.45, 7) is 3.84. The van der Waals surface area contributed by atoms with Crippen LogP contribution in [0.25, 0.3) is 5.31 Å². The second-order valence-electron chi connectivity index (χ2n) is 6.55. The fourth-order valence-electron chi connectivity index (χ4n) is 3.41. The van der Waals surface area contributed by atoms with E-state index in [-0.39, 0.29) is 11.7 Å². The fourth-order valence-corrected chi connectivity index (χ4v) is 4.75. The lowest BCUT2D eigenvalue weighted by molar-refractivity contribution is -0.123. The zero-order valence-corrected chi connectivity index (χ0v) is 16.0. The maximum Gasteiger partial charge on any atom is 0.252 e. The van der Waals surface area contributed by atoms with Gasteiger partial charge in [0.2, 0.25) is 0 Å². The summed E-state index contributed by atoms with van der Waals surface area (Å²) in [5.41, 5.74) is 4.29. The number of aliphatic imine (C=N–C) groups is 1. The molecule has 1 N–H and O–H groups in total. The molecule has 3 heterocycles. The summed E-state index contributed by atoms with van der Waals surface area (Å²) < 4.78 is 5.33. The number of amides is 1. The third-order valence-electron chi connectivity index (χ3n) is 4.84. The second-order valence-corrected chi connectivity index (χ2v) is 7.97. The average molecular weight is 367 g/mol. The Labute approximate surface area is 155 Å². The molecule has 1 aromatic rings. The summed E-state index contributed by atoms with van der Waals surface area (Å²) in [7, 11) is 2.15. The Kier molecular flexibility index (Phi) is 4.75. The van der Waals surface area contributed by atoms with Gasteiger partial charge in [-0.1, -0.05) is 20.7 Å². The summed E-state index contributed by atoms with van der Waals surface area (Å²) >= 11 is 0. The van der Waals surface area contributed by atoms with Gasteiger partial charge in [0, 0.05) is 25.0 Å². The minimum absolute atomic E-state index is 0.0102. The van der Waals surface area contributed by atoms with Crippen LogP contribution in [0, 0.1) is 6.92 Å². The first kappa shape index (κ1) is 17.2. The molecule has 0 saturated carbocycles. The van der Waals surface area contributed by atoms with Crippen molar-refractivity contribution in [3.63, 3.8) is 0 Å². The van der Waals surface area contributed by atoms with Crippen LogP contribution in [0.15, 0.2) is 52.8 Å². The highest BCUT2D eigenvalue weighted by molar-refractivity contribution is 7.52. The first-order chi connectivity index (χ1) is 12.7. The third-order valence-corrected chi connectivity index (χ3v) is 6.31. The first-order valence-corrected chi connectivity index (χ1v) is 9.85. The van der Waals surface area contributed by atoms with Crippen LogP contribution in [0.2, 0.25) is 0 Å². The van der Waals surface area contributed by atoms with E-state index in [1.54, 1.807) is 13.2 Å². The molecule has 26 heavy (non-hydrogen) atoms. The first-order valence-electron chi connectivity index (χ1n) is 8.77. The van der Waals surface area contributed by atoms with Crippen LogP contribution in [0.1, 0.15) is 17.5 Å². The van der Waals surface area contributed by atoms with Gasteiger partial charge < -0.3 is 15.0 Å². The number of hydrogen-bond acceptors (Lipinski definition) is 4. The van der Waals surface area contributed by atoms with Gasteiger partial charge in [0.15, 0.2) is 0 Å². The predicted octanol–water partition coefficient (Wildman–Crippen LogP) is 3.04. The van der Waals surface area contributed by atoms with Crippen LogP contribution in [0.5, 0.6) is 5.75 Å². The minimum Gasteiger partial charge on any atom is -0.496 e. The number of nitrogens with zero attached hydrogens (tertiary/aromatic N) is 2. The lowest BCUT2D eigenvalue weighted by Crippen LogP contribution is -2.38. The number of methoxy groups -OCH3 is 1. The van der Waals surface area contributed by atoms with Gasteiger partial charge in [0.1, 0.15) is 5.75 Å².